The number of primary amides is 1. The van der Waals surface area contributed by atoms with Crippen LogP contribution in [0, 0.1) is 11.8 Å². The van der Waals surface area contributed by atoms with Gasteiger partial charge in [-0.15, -0.1) is 0 Å². The normalized spacial score (nSPS) is 25.5. The summed E-state index contributed by atoms with van der Waals surface area (Å²) in [6.07, 6.45) is 3.25. The molecule has 0 spiro atoms. The highest BCUT2D eigenvalue weighted by atomic mass is 16.6. The molecular weight excluding hydrogens is 534 g/mol. The number of aliphatic hydroxyl groups excluding tert-OH is 2. The lowest BCUT2D eigenvalue weighted by molar-refractivity contribution is -0.115. The molecule has 2 aromatic carbocycles. The van der Waals surface area contributed by atoms with E-state index in [1.54, 1.807) is 31.3 Å². The molecule has 220 valence electrons. The summed E-state index contributed by atoms with van der Waals surface area (Å²) < 4.78 is 0. The zero-order valence-electron chi connectivity index (χ0n) is 24.3. The molecule has 0 radical (unpaired) electrons. The number of phenols is 1. The fourth-order valence-electron chi connectivity index (χ4n) is 7.18. The molecule has 1 amide bonds. The number of benzene rings is 2. The Bertz CT molecular complexity index is 1620. The molecule has 0 bridgehead atoms. The van der Waals surface area contributed by atoms with Crippen molar-refractivity contribution in [3.63, 3.8) is 0 Å². The number of nitrogens with zero attached hydrogens (tertiary/aromatic N) is 2. The van der Waals surface area contributed by atoms with Crippen LogP contribution in [0.1, 0.15) is 35.6 Å². The third-order valence-electron chi connectivity index (χ3n) is 9.08. The highest BCUT2D eigenvalue weighted by Gasteiger charge is 2.59. The molecule has 0 saturated carbocycles. The van der Waals surface area contributed by atoms with E-state index in [1.807, 2.05) is 24.3 Å². The molecule has 9 nitrogen and oxygen atoms in total. The van der Waals surface area contributed by atoms with Crippen LogP contribution in [0.2, 0.25) is 0 Å². The van der Waals surface area contributed by atoms with Gasteiger partial charge in [-0.3, -0.25) is 9.69 Å². The molecule has 2 aromatic rings. The van der Waals surface area contributed by atoms with Crippen molar-refractivity contribution in [2.45, 2.75) is 37.8 Å². The Labute approximate surface area is 245 Å². The van der Waals surface area contributed by atoms with Gasteiger partial charge in [-0.2, -0.15) is 0 Å². The van der Waals surface area contributed by atoms with E-state index < -0.39 is 29.2 Å². The molecule has 3 aliphatic rings. The van der Waals surface area contributed by atoms with Crippen LogP contribution in [0.4, 0.5) is 0 Å². The number of likely N-dealkylation sites (N-methyl/N-ethyl adjacent to an activating group) is 1. The minimum Gasteiger partial charge on any atom is -0.510 e. The van der Waals surface area contributed by atoms with Gasteiger partial charge in [0.2, 0.25) is 0 Å². The topological polar surface area (TPSA) is 149 Å². The van der Waals surface area contributed by atoms with Gasteiger partial charge >= 0.3 is 0 Å². The van der Waals surface area contributed by atoms with E-state index in [1.165, 1.54) is 7.11 Å². The lowest BCUT2D eigenvalue weighted by atomic mass is 9.57. The first kappa shape index (κ1) is 29.2. The Kier molecular flexibility index (Phi) is 7.28. The summed E-state index contributed by atoms with van der Waals surface area (Å²) in [6, 6.07) is 8.76. The van der Waals surface area contributed by atoms with Crippen LogP contribution in [0.25, 0.3) is 16.7 Å². The van der Waals surface area contributed by atoms with Crippen molar-refractivity contribution in [1.82, 2.24) is 4.90 Å². The summed E-state index contributed by atoms with van der Waals surface area (Å²) in [5.41, 5.74) is 9.02. The van der Waals surface area contributed by atoms with Gasteiger partial charge in [-0.05, 0) is 84.8 Å². The molecule has 0 saturated heterocycles. The smallest absolute Gasteiger partial charge is 0.252 e. The second kappa shape index (κ2) is 10.5. The fraction of sp³-hybridized carbons (Fsp3) is 0.333. The van der Waals surface area contributed by atoms with Crippen LogP contribution >= 0.6 is 0 Å². The molecule has 4 atom stereocenters. The number of fused-ring (bicyclic) bond motifs is 3. The maximum Gasteiger partial charge on any atom is 0.252 e. The monoisotopic (exact) mass is 571 g/mol. The summed E-state index contributed by atoms with van der Waals surface area (Å²) in [5, 5.41) is 50.1. The number of amides is 1. The van der Waals surface area contributed by atoms with Gasteiger partial charge in [-0.1, -0.05) is 43.4 Å². The van der Waals surface area contributed by atoms with E-state index in [4.69, 9.17) is 10.6 Å². The molecule has 0 aromatic heterocycles. The number of oxime groups is 1. The number of hydrogen-bond donors (Lipinski definition) is 5. The molecule has 0 heterocycles. The first-order valence-electron chi connectivity index (χ1n) is 13.9. The standard InChI is InChI=1S/C33H37N3O6/c1-7-18-8-9-19(12-21(18)15-35-42-6)22-10-11-25(37)27-16(2)26-20(13-23(22)27)14-24-29(36(4)5)30(38)28(32(34)40)17(3)33(24,41)31(26)39/h8-12,15,20,24,29,37-39,41H,2-3,7,13-14H2,1,4-6H3,(H2,34,40)/b35-15+/t20-,24-,29-,33-/m0/s1. The van der Waals surface area contributed by atoms with Crippen molar-refractivity contribution in [1.29, 1.82) is 0 Å². The number of nitrogens with two attached hydrogens (primary N) is 1. The number of aliphatic hydroxyl groups is 3. The van der Waals surface area contributed by atoms with E-state index in [9.17, 15) is 25.2 Å². The van der Waals surface area contributed by atoms with Gasteiger partial charge in [0.25, 0.3) is 5.91 Å². The summed E-state index contributed by atoms with van der Waals surface area (Å²) in [7, 11) is 4.94. The highest BCUT2D eigenvalue weighted by molar-refractivity contribution is 5.99. The van der Waals surface area contributed by atoms with Gasteiger partial charge in [0, 0.05) is 22.6 Å². The number of aromatic hydroxyl groups is 1. The second-order valence-corrected chi connectivity index (χ2v) is 11.4. The van der Waals surface area contributed by atoms with E-state index in [0.717, 1.165) is 34.2 Å². The van der Waals surface area contributed by atoms with Crippen LogP contribution in [0.3, 0.4) is 0 Å². The number of allylic oxidation sites excluding steroid dienone is 2. The van der Waals surface area contributed by atoms with Crippen molar-refractivity contribution in [2.75, 3.05) is 21.2 Å². The highest BCUT2D eigenvalue weighted by Crippen LogP contribution is 2.58. The molecular formula is C33H37N3O6. The minimum atomic E-state index is -2.07. The van der Waals surface area contributed by atoms with Crippen LogP contribution < -0.4 is 5.73 Å². The average molecular weight is 572 g/mol. The van der Waals surface area contributed by atoms with Crippen molar-refractivity contribution < 1.29 is 30.1 Å². The summed E-state index contributed by atoms with van der Waals surface area (Å²) in [4.78, 5) is 19.0. The third kappa shape index (κ3) is 4.15. The van der Waals surface area contributed by atoms with Crippen LogP contribution in [0.15, 0.2) is 76.9 Å². The Morgan fingerprint density at radius 2 is 1.93 bits per heavy atom. The number of phenolic OH excluding ortho intramolecular Hbond substituents is 1. The zero-order chi connectivity index (χ0) is 30.7. The summed E-state index contributed by atoms with van der Waals surface area (Å²) in [5.74, 6) is -2.67. The first-order valence-corrected chi connectivity index (χ1v) is 13.9. The maximum absolute atomic E-state index is 12.4. The molecule has 0 unspecified atom stereocenters. The Balaban J connectivity index is 1.70. The minimum absolute atomic E-state index is 0.00182. The van der Waals surface area contributed by atoms with Gasteiger partial charge in [-0.25, -0.2) is 0 Å². The van der Waals surface area contributed by atoms with Crippen molar-refractivity contribution in [2.24, 2.45) is 22.7 Å². The Morgan fingerprint density at radius 3 is 2.55 bits per heavy atom. The molecule has 6 N–H and O–H groups in total. The molecule has 3 aliphatic carbocycles. The lowest BCUT2D eigenvalue weighted by Crippen LogP contribution is -2.59. The summed E-state index contributed by atoms with van der Waals surface area (Å²) >= 11 is 0. The number of rotatable bonds is 6. The number of hydrogen-bond acceptors (Lipinski definition) is 8. The Morgan fingerprint density at radius 1 is 1.21 bits per heavy atom. The predicted octanol–water partition coefficient (Wildman–Crippen LogP) is 4.15. The number of carbonyl (C=O) groups excluding carboxylic acids is 1. The van der Waals surface area contributed by atoms with Crippen LogP contribution in [-0.4, -0.2) is 70.3 Å². The second-order valence-electron chi connectivity index (χ2n) is 11.4. The van der Waals surface area contributed by atoms with Crippen molar-refractivity contribution in [3.8, 4) is 16.9 Å². The fourth-order valence-corrected chi connectivity index (χ4v) is 7.18. The molecule has 0 fully saturated rings. The Hall–Kier alpha value is -4.34. The maximum atomic E-state index is 12.4. The van der Waals surface area contributed by atoms with Crippen molar-refractivity contribution in [3.05, 3.63) is 94.0 Å². The van der Waals surface area contributed by atoms with E-state index in [0.29, 0.717) is 29.6 Å². The number of carbonyl (C=O) groups is 1. The van der Waals surface area contributed by atoms with Gasteiger partial charge < -0.3 is 31.0 Å². The van der Waals surface area contributed by atoms with Crippen molar-refractivity contribution >= 4 is 17.7 Å². The van der Waals surface area contributed by atoms with E-state index >= 15 is 0 Å². The number of aryl methyl sites for hydroxylation is 1. The quantitative estimate of drug-likeness (QED) is 0.258. The largest absolute Gasteiger partial charge is 0.510 e. The van der Waals surface area contributed by atoms with Crippen LogP contribution in [-0.2, 0) is 22.5 Å². The molecule has 9 heteroatoms. The van der Waals surface area contributed by atoms with Gasteiger partial charge in [0.15, 0.2) is 5.60 Å². The third-order valence-corrected chi connectivity index (χ3v) is 9.08. The first-order chi connectivity index (χ1) is 19.9. The van der Waals surface area contributed by atoms with Crippen LogP contribution in [0.5, 0.6) is 5.75 Å². The molecule has 5 rings (SSSR count). The lowest BCUT2D eigenvalue weighted by Gasteiger charge is -2.52. The van der Waals surface area contributed by atoms with Gasteiger partial charge in [0.1, 0.15) is 24.4 Å². The van der Waals surface area contributed by atoms with E-state index in [-0.39, 0.29) is 28.6 Å². The van der Waals surface area contributed by atoms with Gasteiger partial charge in [0.05, 0.1) is 17.8 Å². The zero-order valence-corrected chi connectivity index (χ0v) is 24.3. The van der Waals surface area contributed by atoms with E-state index in [2.05, 4.69) is 25.2 Å². The SMILES string of the molecule is C=C1C2=C(O)[C@]3(O)C(=C)C(C(N)=O)=C(O)[C@@H](N(C)C)[C@@H]3C[C@@H]2Cc2c(-c3ccc(CC)c(/C=N/OC)c3)ccc(O)c21. The molecule has 42 heavy (non-hydrogen) atoms. The molecule has 0 aliphatic heterocycles. The summed E-state index contributed by atoms with van der Waals surface area (Å²) in [6.45, 7) is 10.2. The average Bonchev–Trinajstić information content (AvgIpc) is 2.93. The predicted molar refractivity (Wildman–Crippen MR) is 162 cm³/mol.